The molecule has 0 aliphatic heterocycles. The summed E-state index contributed by atoms with van der Waals surface area (Å²) >= 11 is 3.38. The third-order valence-corrected chi connectivity index (χ3v) is 4.35. The van der Waals surface area contributed by atoms with Crippen molar-refractivity contribution < 1.29 is 9.59 Å². The van der Waals surface area contributed by atoms with Gasteiger partial charge in [-0.2, -0.15) is 5.10 Å². The summed E-state index contributed by atoms with van der Waals surface area (Å²) in [6.45, 7) is 5.63. The molecule has 25 heavy (non-hydrogen) atoms. The molecule has 0 bridgehead atoms. The van der Waals surface area contributed by atoms with Crippen molar-refractivity contribution in [1.82, 2.24) is 15.1 Å². The van der Waals surface area contributed by atoms with E-state index in [0.717, 1.165) is 32.7 Å². The molecule has 6 nitrogen and oxygen atoms in total. The van der Waals surface area contributed by atoms with Crippen molar-refractivity contribution in [3.63, 3.8) is 0 Å². The van der Waals surface area contributed by atoms with Crippen LogP contribution in [0.15, 0.2) is 28.7 Å². The van der Waals surface area contributed by atoms with E-state index in [2.05, 4.69) is 31.7 Å². The number of amides is 2. The Morgan fingerprint density at radius 3 is 2.60 bits per heavy atom. The van der Waals surface area contributed by atoms with Gasteiger partial charge in [-0.1, -0.05) is 15.9 Å². The van der Waals surface area contributed by atoms with Gasteiger partial charge in [0.15, 0.2) is 0 Å². The number of aryl methyl sites for hydroxylation is 3. The number of nitrogens with one attached hydrogen (secondary N) is 2. The molecular formula is C18H21BrN4O2. The number of aromatic nitrogens is 2. The van der Waals surface area contributed by atoms with Gasteiger partial charge in [-0.05, 0) is 50.6 Å². The van der Waals surface area contributed by atoms with Crippen molar-refractivity contribution in [2.45, 2.75) is 20.8 Å². The minimum absolute atomic E-state index is 0.0936. The van der Waals surface area contributed by atoms with E-state index in [9.17, 15) is 9.59 Å². The zero-order valence-electron chi connectivity index (χ0n) is 14.7. The summed E-state index contributed by atoms with van der Waals surface area (Å²) in [7, 11) is 1.86. The molecule has 2 amide bonds. The van der Waals surface area contributed by atoms with Gasteiger partial charge in [-0.3, -0.25) is 14.3 Å². The summed E-state index contributed by atoms with van der Waals surface area (Å²) in [5.74, 6) is -0.605. The summed E-state index contributed by atoms with van der Waals surface area (Å²) in [5, 5.41) is 9.64. The molecule has 0 aliphatic rings. The molecule has 1 heterocycles. The molecule has 1 aromatic carbocycles. The average molecular weight is 405 g/mol. The van der Waals surface area contributed by atoms with Crippen LogP contribution in [0.3, 0.4) is 0 Å². The molecule has 0 aliphatic carbocycles. The van der Waals surface area contributed by atoms with Crippen LogP contribution in [-0.2, 0) is 16.6 Å². The largest absolute Gasteiger partial charge is 0.343 e. The molecular weight excluding hydrogens is 384 g/mol. The van der Waals surface area contributed by atoms with Gasteiger partial charge in [0.1, 0.15) is 0 Å². The second-order valence-corrected chi connectivity index (χ2v) is 6.68. The molecule has 0 unspecified atom stereocenters. The third kappa shape index (κ3) is 5.03. The van der Waals surface area contributed by atoms with Gasteiger partial charge in [-0.25, -0.2) is 0 Å². The Kier molecular flexibility index (Phi) is 6.14. The van der Waals surface area contributed by atoms with Gasteiger partial charge in [0.2, 0.25) is 11.8 Å². The molecule has 0 saturated carbocycles. The van der Waals surface area contributed by atoms with E-state index in [1.165, 1.54) is 6.08 Å². The molecule has 2 N–H and O–H groups in total. The smallest absolute Gasteiger partial charge is 0.244 e. The first-order valence-corrected chi connectivity index (χ1v) is 8.59. The predicted octanol–water partition coefficient (Wildman–Crippen LogP) is 2.88. The number of anilines is 1. The van der Waals surface area contributed by atoms with Crippen molar-refractivity contribution in [1.29, 1.82) is 0 Å². The van der Waals surface area contributed by atoms with Gasteiger partial charge in [0, 0.05) is 34.5 Å². The Bertz CT molecular complexity index is 840. The fraction of sp³-hybridized carbons (Fsp3) is 0.278. The van der Waals surface area contributed by atoms with Crippen LogP contribution < -0.4 is 10.6 Å². The van der Waals surface area contributed by atoms with E-state index in [4.69, 9.17) is 0 Å². The van der Waals surface area contributed by atoms with Crippen LogP contribution in [0.2, 0.25) is 0 Å². The number of hydrogen-bond donors (Lipinski definition) is 2. The summed E-state index contributed by atoms with van der Waals surface area (Å²) < 4.78 is 2.71. The van der Waals surface area contributed by atoms with E-state index in [1.807, 2.05) is 46.0 Å². The van der Waals surface area contributed by atoms with Crippen LogP contribution in [0.5, 0.6) is 0 Å². The molecule has 7 heteroatoms. The molecule has 2 aromatic rings. The lowest BCUT2D eigenvalue weighted by Crippen LogP contribution is -2.31. The Balaban J connectivity index is 1.89. The highest BCUT2D eigenvalue weighted by atomic mass is 79.9. The second kappa shape index (κ2) is 8.11. The first-order chi connectivity index (χ1) is 11.8. The minimum Gasteiger partial charge on any atom is -0.343 e. The van der Waals surface area contributed by atoms with Crippen molar-refractivity contribution in [3.05, 3.63) is 51.3 Å². The zero-order chi connectivity index (χ0) is 18.6. The second-order valence-electron chi connectivity index (χ2n) is 5.77. The molecule has 132 valence electrons. The molecule has 2 rings (SSSR count). The molecule has 0 atom stereocenters. The monoisotopic (exact) mass is 404 g/mol. The maximum atomic E-state index is 12.0. The Morgan fingerprint density at radius 1 is 1.28 bits per heavy atom. The van der Waals surface area contributed by atoms with Crippen LogP contribution in [0.4, 0.5) is 5.69 Å². The minimum atomic E-state index is -0.328. The Hall–Kier alpha value is -2.41. The molecule has 0 fully saturated rings. The summed E-state index contributed by atoms with van der Waals surface area (Å²) in [5.41, 5.74) is 4.40. The number of rotatable bonds is 5. The van der Waals surface area contributed by atoms with Crippen molar-refractivity contribution in [2.24, 2.45) is 7.05 Å². The maximum absolute atomic E-state index is 12.0. The van der Waals surface area contributed by atoms with Gasteiger partial charge in [-0.15, -0.1) is 0 Å². The topological polar surface area (TPSA) is 76.0 Å². The summed E-state index contributed by atoms with van der Waals surface area (Å²) in [6, 6.07) is 5.57. The third-order valence-electron chi connectivity index (χ3n) is 3.85. The zero-order valence-corrected chi connectivity index (χ0v) is 16.3. The first kappa shape index (κ1) is 18.9. The fourth-order valence-corrected chi connectivity index (χ4v) is 2.85. The summed E-state index contributed by atoms with van der Waals surface area (Å²) in [4.78, 5) is 23.9. The van der Waals surface area contributed by atoms with Crippen molar-refractivity contribution in [2.75, 3.05) is 11.9 Å². The number of carbonyl (C=O) groups is 2. The van der Waals surface area contributed by atoms with Gasteiger partial charge in [0.05, 0.1) is 12.2 Å². The van der Waals surface area contributed by atoms with E-state index >= 15 is 0 Å². The standard InChI is InChI=1S/C18H21BrN4O2/c1-11-9-14(19)5-7-16(11)21-18(25)10-20-17(24)8-6-15-12(2)22-23(4)13(15)3/h5-9H,10H2,1-4H3,(H,20,24)(H,21,25)/b8-6+. The van der Waals surface area contributed by atoms with Crippen LogP contribution in [0.1, 0.15) is 22.5 Å². The van der Waals surface area contributed by atoms with E-state index in [0.29, 0.717) is 0 Å². The van der Waals surface area contributed by atoms with Crippen LogP contribution in [-0.4, -0.2) is 28.1 Å². The average Bonchev–Trinajstić information content (AvgIpc) is 2.79. The SMILES string of the molecule is Cc1cc(Br)ccc1NC(=O)CNC(=O)/C=C/c1c(C)nn(C)c1C. The number of benzene rings is 1. The van der Waals surface area contributed by atoms with Crippen LogP contribution >= 0.6 is 15.9 Å². The highest BCUT2D eigenvalue weighted by molar-refractivity contribution is 9.10. The number of hydrogen-bond acceptors (Lipinski definition) is 3. The van der Waals surface area contributed by atoms with Gasteiger partial charge < -0.3 is 10.6 Å². The number of halogens is 1. The fourth-order valence-electron chi connectivity index (χ4n) is 2.38. The van der Waals surface area contributed by atoms with Crippen molar-refractivity contribution >= 4 is 39.5 Å². The lowest BCUT2D eigenvalue weighted by molar-refractivity contribution is -0.121. The predicted molar refractivity (Wildman–Crippen MR) is 102 cm³/mol. The van der Waals surface area contributed by atoms with Crippen LogP contribution in [0, 0.1) is 20.8 Å². The Labute approximate surface area is 155 Å². The quantitative estimate of drug-likeness (QED) is 0.752. The lowest BCUT2D eigenvalue weighted by Gasteiger charge is -2.09. The van der Waals surface area contributed by atoms with Gasteiger partial charge >= 0.3 is 0 Å². The summed E-state index contributed by atoms with van der Waals surface area (Å²) in [6.07, 6.45) is 3.12. The Morgan fingerprint density at radius 2 is 2.00 bits per heavy atom. The highest BCUT2D eigenvalue weighted by Crippen LogP contribution is 2.19. The van der Waals surface area contributed by atoms with Crippen LogP contribution in [0.25, 0.3) is 6.08 Å². The van der Waals surface area contributed by atoms with E-state index in [-0.39, 0.29) is 18.4 Å². The maximum Gasteiger partial charge on any atom is 0.244 e. The van der Waals surface area contributed by atoms with E-state index < -0.39 is 0 Å². The number of nitrogens with zero attached hydrogens (tertiary/aromatic N) is 2. The lowest BCUT2D eigenvalue weighted by atomic mass is 10.2. The number of carbonyl (C=O) groups excluding carboxylic acids is 2. The normalized spacial score (nSPS) is 10.9. The van der Waals surface area contributed by atoms with Crippen molar-refractivity contribution in [3.8, 4) is 0 Å². The first-order valence-electron chi connectivity index (χ1n) is 7.80. The van der Waals surface area contributed by atoms with E-state index in [1.54, 1.807) is 10.8 Å². The highest BCUT2D eigenvalue weighted by Gasteiger charge is 2.08. The molecule has 0 spiro atoms. The molecule has 0 saturated heterocycles. The molecule has 0 radical (unpaired) electrons. The van der Waals surface area contributed by atoms with Gasteiger partial charge in [0.25, 0.3) is 0 Å². The molecule has 1 aromatic heterocycles.